The molecule has 1 aromatic rings. The van der Waals surface area contributed by atoms with Gasteiger partial charge in [0.2, 0.25) is 11.6 Å². The minimum Gasteiger partial charge on any atom is -0.493 e. The number of hydrogen-bond donors (Lipinski definition) is 1. The zero-order chi connectivity index (χ0) is 15.2. The molecule has 0 saturated carbocycles. The van der Waals surface area contributed by atoms with Crippen LogP contribution in [-0.2, 0) is 20.7 Å². The number of para-hydroxylation sites is 1. The maximum atomic E-state index is 11.9. The molecule has 110 valence electrons. The fourth-order valence-corrected chi connectivity index (χ4v) is 1.96. The zero-order valence-electron chi connectivity index (χ0n) is 11.7. The molecule has 1 aromatic carbocycles. The molecule has 1 aliphatic rings. The third-order valence-electron chi connectivity index (χ3n) is 3.03. The Morgan fingerprint density at radius 3 is 2.43 bits per heavy atom. The van der Waals surface area contributed by atoms with Gasteiger partial charge in [0, 0.05) is 18.8 Å². The molecule has 0 heterocycles. The average Bonchev–Trinajstić information content (AvgIpc) is 2.49. The number of benzene rings is 1. The lowest BCUT2D eigenvalue weighted by atomic mass is 10.1. The summed E-state index contributed by atoms with van der Waals surface area (Å²) in [6.07, 6.45) is 3.47. The van der Waals surface area contributed by atoms with Gasteiger partial charge in [-0.2, -0.15) is 0 Å². The minimum absolute atomic E-state index is 0.000848. The number of aliphatic hydroxyl groups is 1. The van der Waals surface area contributed by atoms with Crippen LogP contribution >= 0.6 is 0 Å². The molecule has 0 saturated heterocycles. The van der Waals surface area contributed by atoms with Gasteiger partial charge in [-0.1, -0.05) is 18.2 Å². The van der Waals surface area contributed by atoms with Gasteiger partial charge < -0.3 is 14.6 Å². The van der Waals surface area contributed by atoms with Crippen molar-refractivity contribution in [3.05, 3.63) is 53.5 Å². The molecule has 0 spiro atoms. The highest BCUT2D eigenvalue weighted by Crippen LogP contribution is 2.24. The van der Waals surface area contributed by atoms with Crippen molar-refractivity contribution >= 4 is 11.6 Å². The van der Waals surface area contributed by atoms with E-state index in [0.717, 1.165) is 17.7 Å². The molecule has 0 bridgehead atoms. The van der Waals surface area contributed by atoms with E-state index in [4.69, 9.17) is 14.6 Å². The fourth-order valence-electron chi connectivity index (χ4n) is 1.96. The smallest absolute Gasteiger partial charge is 0.225 e. The van der Waals surface area contributed by atoms with E-state index in [1.54, 1.807) is 12.1 Å². The van der Waals surface area contributed by atoms with E-state index in [1.807, 2.05) is 12.1 Å². The second kappa shape index (κ2) is 6.85. The molecule has 1 aliphatic carbocycles. The van der Waals surface area contributed by atoms with Gasteiger partial charge in [0.15, 0.2) is 11.5 Å². The van der Waals surface area contributed by atoms with E-state index >= 15 is 0 Å². The molecule has 2 rings (SSSR count). The summed E-state index contributed by atoms with van der Waals surface area (Å²) in [5.41, 5.74) is 0.870. The van der Waals surface area contributed by atoms with Crippen molar-refractivity contribution in [3.63, 3.8) is 0 Å². The Kier molecular flexibility index (Phi) is 4.90. The summed E-state index contributed by atoms with van der Waals surface area (Å²) in [6.45, 7) is 0.0778. The number of methoxy groups -OCH3 is 1. The van der Waals surface area contributed by atoms with Crippen LogP contribution in [0.5, 0.6) is 5.75 Å². The first-order valence-electron chi connectivity index (χ1n) is 6.58. The van der Waals surface area contributed by atoms with Crippen molar-refractivity contribution in [1.29, 1.82) is 0 Å². The predicted molar refractivity (Wildman–Crippen MR) is 75.7 cm³/mol. The van der Waals surface area contributed by atoms with Crippen LogP contribution in [0.3, 0.4) is 0 Å². The lowest BCUT2D eigenvalue weighted by Gasteiger charge is -2.14. The monoisotopic (exact) mass is 288 g/mol. The third kappa shape index (κ3) is 3.58. The Balaban J connectivity index is 2.19. The van der Waals surface area contributed by atoms with Gasteiger partial charge in [0.25, 0.3) is 0 Å². The molecule has 5 heteroatoms. The molecule has 0 amide bonds. The van der Waals surface area contributed by atoms with E-state index in [2.05, 4.69) is 0 Å². The molecular formula is C16H16O5. The highest BCUT2D eigenvalue weighted by atomic mass is 16.5. The number of aliphatic hydroxyl groups excluding tert-OH is 1. The number of ether oxygens (including phenoxy) is 2. The van der Waals surface area contributed by atoms with Crippen molar-refractivity contribution in [2.75, 3.05) is 13.7 Å². The molecule has 0 unspecified atom stereocenters. The van der Waals surface area contributed by atoms with Gasteiger partial charge in [0.1, 0.15) is 5.75 Å². The lowest BCUT2D eigenvalue weighted by Crippen LogP contribution is -2.18. The van der Waals surface area contributed by atoms with Gasteiger partial charge in [-0.05, 0) is 24.5 Å². The number of aryl methyl sites for hydroxylation is 1. The molecule has 0 fully saturated rings. The molecule has 0 aromatic heterocycles. The largest absolute Gasteiger partial charge is 0.493 e. The van der Waals surface area contributed by atoms with E-state index in [-0.39, 0.29) is 18.1 Å². The highest BCUT2D eigenvalue weighted by Gasteiger charge is 2.23. The van der Waals surface area contributed by atoms with Crippen molar-refractivity contribution < 1.29 is 24.2 Å². The second-order valence-electron chi connectivity index (χ2n) is 4.49. The summed E-state index contributed by atoms with van der Waals surface area (Å²) >= 11 is 0. The Hall–Kier alpha value is -2.40. The second-order valence-corrected chi connectivity index (χ2v) is 4.49. The van der Waals surface area contributed by atoms with Crippen LogP contribution in [-0.4, -0.2) is 30.4 Å². The summed E-state index contributed by atoms with van der Waals surface area (Å²) in [6, 6.07) is 7.21. The number of rotatable bonds is 6. The van der Waals surface area contributed by atoms with Crippen LogP contribution in [0.1, 0.15) is 12.0 Å². The van der Waals surface area contributed by atoms with Crippen LogP contribution in [0, 0.1) is 0 Å². The van der Waals surface area contributed by atoms with E-state index in [0.29, 0.717) is 18.6 Å². The average molecular weight is 288 g/mol. The quantitative estimate of drug-likeness (QED) is 0.804. The first-order valence-corrected chi connectivity index (χ1v) is 6.58. The van der Waals surface area contributed by atoms with Crippen LogP contribution in [0.4, 0.5) is 0 Å². The van der Waals surface area contributed by atoms with Gasteiger partial charge >= 0.3 is 0 Å². The zero-order valence-corrected chi connectivity index (χ0v) is 11.7. The standard InChI is InChI=1S/C16H16O5/c1-20-15-9-13(19)16(10-12(15)18)21-14-7-3-2-5-11(14)6-4-8-17/h2-3,5,7,9-10,17H,4,6,8H2,1H3. The Bertz CT molecular complexity index is 613. The first kappa shape index (κ1) is 15.0. The Morgan fingerprint density at radius 1 is 1.05 bits per heavy atom. The number of carbonyl (C=O) groups excluding carboxylic acids is 2. The number of ketones is 2. The first-order chi connectivity index (χ1) is 10.2. The maximum absolute atomic E-state index is 11.9. The van der Waals surface area contributed by atoms with Crippen LogP contribution < -0.4 is 4.74 Å². The van der Waals surface area contributed by atoms with E-state index in [9.17, 15) is 9.59 Å². The highest BCUT2D eigenvalue weighted by molar-refractivity contribution is 6.18. The normalized spacial score (nSPS) is 14.6. The van der Waals surface area contributed by atoms with Crippen LogP contribution in [0.25, 0.3) is 0 Å². The van der Waals surface area contributed by atoms with Crippen molar-refractivity contribution in [2.24, 2.45) is 0 Å². The van der Waals surface area contributed by atoms with E-state index in [1.165, 1.54) is 7.11 Å². The van der Waals surface area contributed by atoms with E-state index < -0.39 is 11.6 Å². The SMILES string of the molecule is COC1=CC(=O)C(Oc2ccccc2CCCO)=CC1=O. The summed E-state index contributed by atoms with van der Waals surface area (Å²) in [7, 11) is 1.33. The van der Waals surface area contributed by atoms with Gasteiger partial charge in [0.05, 0.1) is 7.11 Å². The van der Waals surface area contributed by atoms with Gasteiger partial charge in [-0.3, -0.25) is 9.59 Å². The summed E-state index contributed by atoms with van der Waals surface area (Å²) in [4.78, 5) is 23.6. The number of hydrogen-bond acceptors (Lipinski definition) is 5. The van der Waals surface area contributed by atoms with Crippen molar-refractivity contribution in [2.45, 2.75) is 12.8 Å². The minimum atomic E-state index is -0.414. The molecule has 5 nitrogen and oxygen atoms in total. The van der Waals surface area contributed by atoms with Gasteiger partial charge in [-0.25, -0.2) is 0 Å². The molecule has 21 heavy (non-hydrogen) atoms. The summed E-state index contributed by atoms with van der Waals surface area (Å²) in [5.74, 6) is -0.339. The number of allylic oxidation sites excluding steroid dienone is 2. The molecule has 0 radical (unpaired) electrons. The van der Waals surface area contributed by atoms with Crippen molar-refractivity contribution in [1.82, 2.24) is 0 Å². The van der Waals surface area contributed by atoms with Crippen molar-refractivity contribution in [3.8, 4) is 5.75 Å². The fraction of sp³-hybridized carbons (Fsp3) is 0.250. The third-order valence-corrected chi connectivity index (χ3v) is 3.03. The van der Waals surface area contributed by atoms with Crippen LogP contribution in [0.2, 0.25) is 0 Å². The lowest BCUT2D eigenvalue weighted by molar-refractivity contribution is -0.118. The topological polar surface area (TPSA) is 72.8 Å². The molecule has 0 aliphatic heterocycles. The Labute approximate surface area is 122 Å². The predicted octanol–water partition coefficient (Wildman–Crippen LogP) is 1.56. The Morgan fingerprint density at radius 2 is 1.71 bits per heavy atom. The molecular weight excluding hydrogens is 272 g/mol. The van der Waals surface area contributed by atoms with Crippen LogP contribution in [0.15, 0.2) is 47.9 Å². The summed E-state index contributed by atoms with van der Waals surface area (Å²) in [5, 5.41) is 8.90. The molecule has 0 atom stereocenters. The molecule has 1 N–H and O–H groups in total. The van der Waals surface area contributed by atoms with Gasteiger partial charge in [-0.15, -0.1) is 0 Å². The maximum Gasteiger partial charge on any atom is 0.225 e. The summed E-state index contributed by atoms with van der Waals surface area (Å²) < 4.78 is 10.4. The number of carbonyl (C=O) groups is 2.